The second-order valence-electron chi connectivity index (χ2n) is 6.32. The van der Waals surface area contributed by atoms with Gasteiger partial charge in [0.25, 0.3) is 11.8 Å². The molecule has 1 aliphatic heterocycles. The molecular formula is C18H24N5O5+. The average Bonchev–Trinajstić information content (AvgIpc) is 3.33. The molecule has 0 saturated heterocycles. The third kappa shape index (κ3) is 4.77. The third-order valence-electron chi connectivity index (χ3n) is 4.21. The number of quaternary nitrogens is 1. The monoisotopic (exact) mass is 390 g/mol. The maximum absolute atomic E-state index is 12.2. The van der Waals surface area contributed by atoms with Crippen LogP contribution in [0.15, 0.2) is 38.5 Å². The summed E-state index contributed by atoms with van der Waals surface area (Å²) < 4.78 is 16.1. The van der Waals surface area contributed by atoms with Crippen LogP contribution in [0.3, 0.4) is 0 Å². The molecule has 0 aromatic carbocycles. The van der Waals surface area contributed by atoms with Crippen LogP contribution in [0.4, 0.5) is 4.79 Å². The van der Waals surface area contributed by atoms with Crippen molar-refractivity contribution in [3.05, 3.63) is 35.6 Å². The van der Waals surface area contributed by atoms with E-state index >= 15 is 0 Å². The molecule has 0 bridgehead atoms. The van der Waals surface area contributed by atoms with E-state index in [0.29, 0.717) is 41.9 Å². The van der Waals surface area contributed by atoms with Crippen LogP contribution in [0.25, 0.3) is 11.7 Å². The van der Waals surface area contributed by atoms with Gasteiger partial charge in [0.1, 0.15) is 6.54 Å². The van der Waals surface area contributed by atoms with Crippen LogP contribution in [0, 0.1) is 0 Å². The van der Waals surface area contributed by atoms with Crippen molar-refractivity contribution in [3.63, 3.8) is 0 Å². The van der Waals surface area contributed by atoms with E-state index < -0.39 is 5.97 Å². The molecule has 1 aliphatic rings. The van der Waals surface area contributed by atoms with Gasteiger partial charge < -0.3 is 29.1 Å². The lowest BCUT2D eigenvalue weighted by Crippen LogP contribution is -3.11. The molecule has 1 atom stereocenters. The molecule has 150 valence electrons. The smallest absolute Gasteiger partial charge is 0.337 e. The summed E-state index contributed by atoms with van der Waals surface area (Å²) in [5.41, 5.74) is 0.980. The lowest BCUT2D eigenvalue weighted by atomic mass is 10.1. The summed E-state index contributed by atoms with van der Waals surface area (Å²) in [6.45, 7) is 5.88. The summed E-state index contributed by atoms with van der Waals surface area (Å²) in [6, 6.07) is 3.16. The van der Waals surface area contributed by atoms with E-state index in [1.54, 1.807) is 19.1 Å². The van der Waals surface area contributed by atoms with Crippen LogP contribution in [0.5, 0.6) is 0 Å². The van der Waals surface area contributed by atoms with E-state index in [1.165, 1.54) is 6.26 Å². The predicted molar refractivity (Wildman–Crippen MR) is 96.9 cm³/mol. The number of ether oxygens (including phenoxy) is 1. The number of nitrogens with one attached hydrogen (secondary N) is 3. The molecular weight excluding hydrogens is 366 g/mol. The summed E-state index contributed by atoms with van der Waals surface area (Å²) >= 11 is 0. The molecule has 2 aromatic rings. The first-order chi connectivity index (χ1) is 13.6. The Balaban J connectivity index is 1.75. The van der Waals surface area contributed by atoms with Crippen molar-refractivity contribution in [1.82, 2.24) is 20.8 Å². The SMILES string of the molecule is CCC[NH+](CC1=C(C(=O)OCC)CNC(=O)N1)Cc1nnc(-c2ccco2)o1. The molecule has 3 N–H and O–H groups in total. The van der Waals surface area contributed by atoms with Crippen molar-refractivity contribution in [2.75, 3.05) is 26.2 Å². The highest BCUT2D eigenvalue weighted by atomic mass is 16.5. The Labute approximate surface area is 161 Å². The number of hydrogen-bond donors (Lipinski definition) is 3. The topological polar surface area (TPSA) is 124 Å². The molecule has 0 radical (unpaired) electrons. The summed E-state index contributed by atoms with van der Waals surface area (Å²) in [4.78, 5) is 25.0. The highest BCUT2D eigenvalue weighted by molar-refractivity contribution is 5.93. The fraction of sp³-hybridized carbons (Fsp3) is 0.444. The standard InChI is InChI=1S/C18H23N5O5/c1-3-7-23(11-15-21-22-16(28-15)14-6-5-8-27-14)10-13-12(17(24)26-4-2)9-19-18(25)20-13/h5-6,8H,3-4,7,9-11H2,1-2H3,(H2,19,20,25)/p+1. The van der Waals surface area contributed by atoms with Gasteiger partial charge in [0.15, 0.2) is 12.3 Å². The number of nitrogens with zero attached hydrogens (tertiary/aromatic N) is 2. The van der Waals surface area contributed by atoms with Crippen LogP contribution in [0.2, 0.25) is 0 Å². The Morgan fingerprint density at radius 2 is 2.18 bits per heavy atom. The van der Waals surface area contributed by atoms with Gasteiger partial charge >= 0.3 is 12.0 Å². The van der Waals surface area contributed by atoms with Crippen LogP contribution in [0.1, 0.15) is 26.2 Å². The number of aromatic nitrogens is 2. The van der Waals surface area contributed by atoms with E-state index in [1.807, 2.05) is 0 Å². The van der Waals surface area contributed by atoms with E-state index in [-0.39, 0.29) is 19.2 Å². The second kappa shape index (κ2) is 9.18. The summed E-state index contributed by atoms with van der Waals surface area (Å²) in [5, 5.41) is 13.4. The Morgan fingerprint density at radius 1 is 1.32 bits per heavy atom. The van der Waals surface area contributed by atoms with Gasteiger partial charge in [-0.3, -0.25) is 0 Å². The van der Waals surface area contributed by atoms with Gasteiger partial charge in [-0.1, -0.05) is 6.92 Å². The van der Waals surface area contributed by atoms with Crippen LogP contribution in [-0.2, 0) is 16.1 Å². The quantitative estimate of drug-likeness (QED) is 0.525. The fourth-order valence-corrected chi connectivity index (χ4v) is 2.98. The van der Waals surface area contributed by atoms with E-state index in [0.717, 1.165) is 17.9 Å². The Bertz CT molecular complexity index is 842. The second-order valence-corrected chi connectivity index (χ2v) is 6.32. The number of carbonyl (C=O) groups is 2. The average molecular weight is 390 g/mol. The first-order valence-corrected chi connectivity index (χ1v) is 9.24. The van der Waals surface area contributed by atoms with Crippen molar-refractivity contribution in [3.8, 4) is 11.7 Å². The van der Waals surface area contributed by atoms with Crippen molar-refractivity contribution < 1.29 is 28.1 Å². The zero-order chi connectivity index (χ0) is 19.9. The third-order valence-corrected chi connectivity index (χ3v) is 4.21. The molecule has 1 unspecified atom stereocenters. The number of amides is 2. The minimum Gasteiger partial charge on any atom is -0.463 e. The van der Waals surface area contributed by atoms with Gasteiger partial charge in [0.05, 0.1) is 37.2 Å². The van der Waals surface area contributed by atoms with E-state index in [2.05, 4.69) is 27.8 Å². The number of hydrogen-bond acceptors (Lipinski definition) is 7. The van der Waals surface area contributed by atoms with Gasteiger partial charge in [0, 0.05) is 0 Å². The number of carbonyl (C=O) groups excluding carboxylic acids is 2. The highest BCUT2D eigenvalue weighted by Gasteiger charge is 2.27. The lowest BCUT2D eigenvalue weighted by molar-refractivity contribution is -0.910. The molecule has 0 aliphatic carbocycles. The summed E-state index contributed by atoms with van der Waals surface area (Å²) in [5.74, 6) is 0.846. The van der Waals surface area contributed by atoms with Crippen LogP contribution in [-0.4, -0.2) is 48.4 Å². The summed E-state index contributed by atoms with van der Waals surface area (Å²) in [6.07, 6.45) is 2.44. The van der Waals surface area contributed by atoms with E-state index in [9.17, 15) is 9.59 Å². The molecule has 10 nitrogen and oxygen atoms in total. The molecule has 2 aromatic heterocycles. The van der Waals surface area contributed by atoms with E-state index in [4.69, 9.17) is 13.6 Å². The van der Waals surface area contributed by atoms with Gasteiger partial charge in [-0.05, 0) is 25.5 Å². The molecule has 3 rings (SSSR count). The van der Waals surface area contributed by atoms with Crippen molar-refractivity contribution in [1.29, 1.82) is 0 Å². The minimum absolute atomic E-state index is 0.141. The zero-order valence-corrected chi connectivity index (χ0v) is 15.9. The van der Waals surface area contributed by atoms with Crippen molar-refractivity contribution >= 4 is 12.0 Å². The van der Waals surface area contributed by atoms with Crippen LogP contribution >= 0.6 is 0 Å². The number of rotatable bonds is 9. The molecule has 0 fully saturated rings. The Hall–Kier alpha value is -3.14. The Kier molecular flexibility index (Phi) is 6.43. The molecule has 28 heavy (non-hydrogen) atoms. The zero-order valence-electron chi connectivity index (χ0n) is 15.9. The predicted octanol–water partition coefficient (Wildman–Crippen LogP) is 0.255. The molecule has 3 heterocycles. The van der Waals surface area contributed by atoms with Crippen molar-refractivity contribution in [2.45, 2.75) is 26.8 Å². The maximum Gasteiger partial charge on any atom is 0.337 e. The molecule has 0 saturated carbocycles. The minimum atomic E-state index is -0.432. The normalized spacial score (nSPS) is 15.1. The van der Waals surface area contributed by atoms with Gasteiger partial charge in [-0.2, -0.15) is 0 Å². The van der Waals surface area contributed by atoms with Gasteiger partial charge in [-0.25, -0.2) is 9.59 Å². The van der Waals surface area contributed by atoms with Gasteiger partial charge in [-0.15, -0.1) is 10.2 Å². The Morgan fingerprint density at radius 3 is 2.89 bits per heavy atom. The lowest BCUT2D eigenvalue weighted by Gasteiger charge is -2.24. The largest absolute Gasteiger partial charge is 0.463 e. The summed E-state index contributed by atoms with van der Waals surface area (Å²) in [7, 11) is 0. The first-order valence-electron chi connectivity index (χ1n) is 9.24. The van der Waals surface area contributed by atoms with Crippen molar-refractivity contribution in [2.24, 2.45) is 0 Å². The van der Waals surface area contributed by atoms with Crippen LogP contribution < -0.4 is 15.5 Å². The molecule has 10 heteroatoms. The fourth-order valence-electron chi connectivity index (χ4n) is 2.98. The number of urea groups is 1. The highest BCUT2D eigenvalue weighted by Crippen LogP contribution is 2.17. The maximum atomic E-state index is 12.2. The molecule has 2 amide bonds. The number of esters is 1. The first kappa shape index (κ1) is 19.6. The van der Waals surface area contributed by atoms with Gasteiger partial charge in [0.2, 0.25) is 0 Å². The number of furan rings is 1. The molecule has 0 spiro atoms.